The Labute approximate surface area is 92.6 Å². The van der Waals surface area contributed by atoms with Crippen LogP contribution in [0.4, 0.5) is 0 Å². The van der Waals surface area contributed by atoms with Crippen molar-refractivity contribution in [2.75, 3.05) is 7.11 Å². The van der Waals surface area contributed by atoms with Crippen molar-refractivity contribution in [3.63, 3.8) is 0 Å². The van der Waals surface area contributed by atoms with E-state index in [2.05, 4.69) is 12.2 Å². The van der Waals surface area contributed by atoms with Crippen molar-refractivity contribution in [1.82, 2.24) is 5.32 Å². The largest absolute Gasteiger partial charge is 0.468 e. The second kappa shape index (κ2) is 5.50. The van der Waals surface area contributed by atoms with Gasteiger partial charge in [-0.25, -0.2) is 0 Å². The van der Waals surface area contributed by atoms with Gasteiger partial charge in [0.1, 0.15) is 5.54 Å². The van der Waals surface area contributed by atoms with Crippen LogP contribution >= 0.6 is 0 Å². The fraction of sp³-hybridized carbons (Fsp3) is 0.917. The van der Waals surface area contributed by atoms with Crippen molar-refractivity contribution in [2.45, 2.75) is 64.0 Å². The van der Waals surface area contributed by atoms with Gasteiger partial charge in [0, 0.05) is 6.04 Å². The molecule has 1 N–H and O–H groups in total. The summed E-state index contributed by atoms with van der Waals surface area (Å²) < 4.78 is 4.88. The van der Waals surface area contributed by atoms with Crippen LogP contribution in [0.5, 0.6) is 0 Å². The molecule has 1 aliphatic rings. The van der Waals surface area contributed by atoms with E-state index in [1.54, 1.807) is 0 Å². The van der Waals surface area contributed by atoms with Gasteiger partial charge in [0.05, 0.1) is 7.11 Å². The third-order valence-corrected chi connectivity index (χ3v) is 3.26. The van der Waals surface area contributed by atoms with E-state index >= 15 is 0 Å². The fourth-order valence-electron chi connectivity index (χ4n) is 2.48. The van der Waals surface area contributed by atoms with Gasteiger partial charge in [-0.3, -0.25) is 10.1 Å². The summed E-state index contributed by atoms with van der Waals surface area (Å²) in [5.41, 5.74) is -0.488. The first-order valence-corrected chi connectivity index (χ1v) is 5.98. The van der Waals surface area contributed by atoms with E-state index in [9.17, 15) is 4.79 Å². The molecule has 1 rings (SSSR count). The maximum absolute atomic E-state index is 11.7. The molecule has 0 amide bonds. The van der Waals surface area contributed by atoms with Crippen molar-refractivity contribution >= 4 is 5.97 Å². The molecule has 3 nitrogen and oxygen atoms in total. The van der Waals surface area contributed by atoms with Crippen molar-refractivity contribution in [3.05, 3.63) is 0 Å². The van der Waals surface area contributed by atoms with Crippen LogP contribution in [0, 0.1) is 0 Å². The molecule has 0 aliphatic heterocycles. The van der Waals surface area contributed by atoms with Crippen LogP contribution in [0.2, 0.25) is 0 Å². The zero-order valence-corrected chi connectivity index (χ0v) is 10.1. The average Bonchev–Trinajstić information content (AvgIpc) is 2.69. The Morgan fingerprint density at radius 1 is 1.47 bits per heavy atom. The Hall–Kier alpha value is -0.570. The molecule has 0 heterocycles. The summed E-state index contributed by atoms with van der Waals surface area (Å²) in [5.74, 6) is -0.128. The van der Waals surface area contributed by atoms with Crippen molar-refractivity contribution in [3.8, 4) is 0 Å². The molecular formula is C12H23NO2. The molecule has 0 saturated heterocycles. The van der Waals surface area contributed by atoms with Gasteiger partial charge in [0.25, 0.3) is 0 Å². The van der Waals surface area contributed by atoms with E-state index < -0.39 is 5.54 Å². The van der Waals surface area contributed by atoms with Crippen LogP contribution < -0.4 is 5.32 Å². The van der Waals surface area contributed by atoms with Gasteiger partial charge in [-0.15, -0.1) is 0 Å². The Kier molecular flexibility index (Phi) is 4.58. The lowest BCUT2D eigenvalue weighted by Crippen LogP contribution is -2.53. The number of carbonyl (C=O) groups excluding carboxylic acids is 1. The topological polar surface area (TPSA) is 38.3 Å². The molecular weight excluding hydrogens is 190 g/mol. The molecule has 1 fully saturated rings. The zero-order chi connectivity index (χ0) is 11.3. The fourth-order valence-corrected chi connectivity index (χ4v) is 2.48. The van der Waals surface area contributed by atoms with E-state index in [-0.39, 0.29) is 5.97 Å². The molecule has 1 atom stereocenters. The Bertz CT molecular complexity index is 212. The maximum Gasteiger partial charge on any atom is 0.325 e. The van der Waals surface area contributed by atoms with Gasteiger partial charge < -0.3 is 4.74 Å². The van der Waals surface area contributed by atoms with Crippen LogP contribution in [-0.4, -0.2) is 24.7 Å². The van der Waals surface area contributed by atoms with Gasteiger partial charge in [-0.2, -0.15) is 0 Å². The lowest BCUT2D eigenvalue weighted by atomic mass is 9.94. The smallest absolute Gasteiger partial charge is 0.325 e. The molecule has 0 radical (unpaired) electrons. The van der Waals surface area contributed by atoms with Crippen LogP contribution in [0.1, 0.15) is 52.4 Å². The number of carbonyl (C=O) groups is 1. The summed E-state index contributed by atoms with van der Waals surface area (Å²) in [7, 11) is 1.46. The highest BCUT2D eigenvalue weighted by atomic mass is 16.5. The third kappa shape index (κ3) is 3.20. The summed E-state index contributed by atoms with van der Waals surface area (Å²) in [5, 5.41) is 3.47. The molecule has 0 aromatic carbocycles. The molecule has 88 valence electrons. The van der Waals surface area contributed by atoms with Crippen molar-refractivity contribution < 1.29 is 9.53 Å². The third-order valence-electron chi connectivity index (χ3n) is 3.26. The number of ether oxygens (including phenoxy) is 1. The monoisotopic (exact) mass is 213 g/mol. The number of rotatable bonds is 5. The van der Waals surface area contributed by atoms with E-state index in [0.29, 0.717) is 6.04 Å². The van der Waals surface area contributed by atoms with Gasteiger partial charge in [0.2, 0.25) is 0 Å². The van der Waals surface area contributed by atoms with Crippen LogP contribution in [0.3, 0.4) is 0 Å². The second-order valence-electron chi connectivity index (χ2n) is 4.70. The Morgan fingerprint density at radius 2 is 2.07 bits per heavy atom. The minimum Gasteiger partial charge on any atom is -0.468 e. The minimum absolute atomic E-state index is 0.128. The summed E-state index contributed by atoms with van der Waals surface area (Å²) >= 11 is 0. The molecule has 1 saturated carbocycles. The van der Waals surface area contributed by atoms with Gasteiger partial charge >= 0.3 is 5.97 Å². The number of methoxy groups -OCH3 is 1. The van der Waals surface area contributed by atoms with Crippen LogP contribution in [0.25, 0.3) is 0 Å². The number of esters is 1. The predicted octanol–water partition coefficient (Wildman–Crippen LogP) is 2.25. The lowest BCUT2D eigenvalue weighted by molar-refractivity contribution is -0.148. The Morgan fingerprint density at radius 3 is 2.53 bits per heavy atom. The summed E-state index contributed by atoms with van der Waals surface area (Å²) in [4.78, 5) is 11.7. The van der Waals surface area contributed by atoms with Crippen molar-refractivity contribution in [2.24, 2.45) is 0 Å². The summed E-state index contributed by atoms with van der Waals surface area (Å²) in [6, 6.07) is 0.501. The first-order chi connectivity index (χ1) is 7.12. The first kappa shape index (κ1) is 12.5. The van der Waals surface area contributed by atoms with Crippen LogP contribution in [0.15, 0.2) is 0 Å². The van der Waals surface area contributed by atoms with Gasteiger partial charge in [-0.1, -0.05) is 26.2 Å². The molecule has 0 bridgehead atoms. The normalized spacial score (nSPS) is 21.3. The molecule has 0 aromatic heterocycles. The van der Waals surface area contributed by atoms with Gasteiger partial charge in [-0.05, 0) is 26.2 Å². The lowest BCUT2D eigenvalue weighted by Gasteiger charge is -2.31. The maximum atomic E-state index is 11.7. The number of nitrogens with one attached hydrogen (secondary N) is 1. The number of hydrogen-bond acceptors (Lipinski definition) is 3. The molecule has 1 aliphatic carbocycles. The summed E-state index contributed by atoms with van der Waals surface area (Å²) in [6.45, 7) is 4.05. The SMILES string of the molecule is CCCC(C)(NC1CCCC1)C(=O)OC. The predicted molar refractivity (Wildman–Crippen MR) is 60.7 cm³/mol. The van der Waals surface area contributed by atoms with E-state index in [0.717, 1.165) is 12.8 Å². The van der Waals surface area contributed by atoms with E-state index in [1.807, 2.05) is 6.92 Å². The highest BCUT2D eigenvalue weighted by molar-refractivity contribution is 5.80. The first-order valence-electron chi connectivity index (χ1n) is 5.98. The van der Waals surface area contributed by atoms with Crippen molar-refractivity contribution in [1.29, 1.82) is 0 Å². The quantitative estimate of drug-likeness (QED) is 0.712. The molecule has 1 unspecified atom stereocenters. The molecule has 0 aromatic rings. The number of hydrogen-bond donors (Lipinski definition) is 1. The molecule has 0 spiro atoms. The Balaban J connectivity index is 2.58. The highest BCUT2D eigenvalue weighted by Crippen LogP contribution is 2.23. The standard InChI is InChI=1S/C12H23NO2/c1-4-9-12(2,11(14)15-3)13-10-7-5-6-8-10/h10,13H,4-9H2,1-3H3. The second-order valence-corrected chi connectivity index (χ2v) is 4.70. The summed E-state index contributed by atoms with van der Waals surface area (Å²) in [6.07, 6.45) is 6.77. The molecule has 3 heteroatoms. The van der Waals surface area contributed by atoms with E-state index in [4.69, 9.17) is 4.74 Å². The van der Waals surface area contributed by atoms with Crippen LogP contribution in [-0.2, 0) is 9.53 Å². The average molecular weight is 213 g/mol. The highest BCUT2D eigenvalue weighted by Gasteiger charge is 2.35. The molecule has 15 heavy (non-hydrogen) atoms. The van der Waals surface area contributed by atoms with E-state index in [1.165, 1.54) is 32.8 Å². The van der Waals surface area contributed by atoms with Gasteiger partial charge in [0.15, 0.2) is 0 Å². The zero-order valence-electron chi connectivity index (χ0n) is 10.1. The minimum atomic E-state index is -0.488.